The number of carbonyl (C=O) groups excluding carboxylic acids is 2. The molecule has 0 bridgehead atoms. The smallest absolute Gasteiger partial charge is 0.428 e. The first-order valence-electron chi connectivity index (χ1n) is 7.49. The van der Waals surface area contributed by atoms with Crippen molar-refractivity contribution in [3.8, 4) is 0 Å². The van der Waals surface area contributed by atoms with Gasteiger partial charge in [-0.25, -0.2) is 10.2 Å². The second-order valence-corrected chi connectivity index (χ2v) is 7.04. The highest BCUT2D eigenvalue weighted by molar-refractivity contribution is 5.86. The van der Waals surface area contributed by atoms with Crippen LogP contribution in [-0.4, -0.2) is 54.0 Å². The molecule has 0 aromatic carbocycles. The zero-order chi connectivity index (χ0) is 16.8. The SMILES string of the molecule is CC(C)(C)OC(=O)NN=C1CCN(CC(C)(C)OC=O)CC1. The van der Waals surface area contributed by atoms with Crippen molar-refractivity contribution < 1.29 is 19.1 Å². The number of hydrogen-bond acceptors (Lipinski definition) is 6. The van der Waals surface area contributed by atoms with Crippen molar-refractivity contribution in [3.63, 3.8) is 0 Å². The molecule has 0 aromatic rings. The van der Waals surface area contributed by atoms with Crippen LogP contribution in [0.15, 0.2) is 5.10 Å². The predicted molar refractivity (Wildman–Crippen MR) is 83.7 cm³/mol. The molecule has 0 spiro atoms. The maximum atomic E-state index is 11.5. The largest absolute Gasteiger partial charge is 0.461 e. The van der Waals surface area contributed by atoms with E-state index in [1.54, 1.807) is 20.8 Å². The van der Waals surface area contributed by atoms with Gasteiger partial charge in [-0.05, 0) is 34.6 Å². The number of amides is 1. The Labute approximate surface area is 132 Å². The van der Waals surface area contributed by atoms with Crippen LogP contribution in [0.1, 0.15) is 47.5 Å². The van der Waals surface area contributed by atoms with Gasteiger partial charge in [-0.3, -0.25) is 9.69 Å². The number of hydrogen-bond donors (Lipinski definition) is 1. The molecule has 1 fully saturated rings. The normalized spacial score (nSPS) is 16.9. The van der Waals surface area contributed by atoms with Crippen LogP contribution < -0.4 is 5.43 Å². The number of nitrogens with one attached hydrogen (secondary N) is 1. The van der Waals surface area contributed by atoms with Gasteiger partial charge in [0.2, 0.25) is 0 Å². The summed E-state index contributed by atoms with van der Waals surface area (Å²) in [6.45, 7) is 12.0. The van der Waals surface area contributed by atoms with Crippen molar-refractivity contribution >= 4 is 18.3 Å². The van der Waals surface area contributed by atoms with Crippen LogP contribution in [0.2, 0.25) is 0 Å². The Kier molecular flexibility index (Phi) is 6.34. The number of nitrogens with zero attached hydrogens (tertiary/aromatic N) is 2. The molecule has 0 aromatic heterocycles. The van der Waals surface area contributed by atoms with Gasteiger partial charge in [0, 0.05) is 38.2 Å². The Morgan fingerprint density at radius 3 is 2.36 bits per heavy atom. The molecule has 0 radical (unpaired) electrons. The van der Waals surface area contributed by atoms with E-state index < -0.39 is 17.3 Å². The van der Waals surface area contributed by atoms with E-state index in [0.29, 0.717) is 13.0 Å². The lowest BCUT2D eigenvalue weighted by Gasteiger charge is -2.33. The average molecular weight is 313 g/mol. The lowest BCUT2D eigenvalue weighted by molar-refractivity contribution is -0.142. The Bertz CT molecular complexity index is 417. The highest BCUT2D eigenvalue weighted by atomic mass is 16.6. The summed E-state index contributed by atoms with van der Waals surface area (Å²) in [4.78, 5) is 24.2. The summed E-state index contributed by atoms with van der Waals surface area (Å²) in [5.74, 6) is 0. The summed E-state index contributed by atoms with van der Waals surface area (Å²) in [7, 11) is 0. The molecule has 7 heteroatoms. The molecule has 1 aliphatic heterocycles. The highest BCUT2D eigenvalue weighted by Crippen LogP contribution is 2.15. The molecule has 1 heterocycles. The summed E-state index contributed by atoms with van der Waals surface area (Å²) in [5, 5.41) is 4.11. The third-order valence-electron chi connectivity index (χ3n) is 3.11. The summed E-state index contributed by atoms with van der Waals surface area (Å²) < 4.78 is 10.2. The third kappa shape index (κ3) is 7.40. The molecule has 7 nitrogen and oxygen atoms in total. The first kappa shape index (κ1) is 18.4. The second-order valence-electron chi connectivity index (χ2n) is 7.04. The van der Waals surface area contributed by atoms with Crippen molar-refractivity contribution in [1.29, 1.82) is 0 Å². The molecule has 0 saturated carbocycles. The van der Waals surface area contributed by atoms with Crippen LogP contribution in [0.5, 0.6) is 0 Å². The predicted octanol–water partition coefficient (Wildman–Crippen LogP) is 1.91. The molecule has 1 amide bonds. The van der Waals surface area contributed by atoms with E-state index in [2.05, 4.69) is 15.4 Å². The molecule has 22 heavy (non-hydrogen) atoms. The number of ether oxygens (including phenoxy) is 2. The van der Waals surface area contributed by atoms with E-state index in [9.17, 15) is 9.59 Å². The fourth-order valence-corrected chi connectivity index (χ4v) is 2.21. The van der Waals surface area contributed by atoms with Gasteiger partial charge < -0.3 is 9.47 Å². The molecular weight excluding hydrogens is 286 g/mol. The Hall–Kier alpha value is -1.63. The van der Waals surface area contributed by atoms with E-state index >= 15 is 0 Å². The van der Waals surface area contributed by atoms with Gasteiger partial charge in [0.05, 0.1) is 0 Å². The number of carbonyl (C=O) groups is 2. The number of hydrazone groups is 1. The van der Waals surface area contributed by atoms with Crippen LogP contribution in [0.4, 0.5) is 4.79 Å². The van der Waals surface area contributed by atoms with Gasteiger partial charge in [-0.1, -0.05) is 0 Å². The van der Waals surface area contributed by atoms with Gasteiger partial charge in [0.15, 0.2) is 0 Å². The fourth-order valence-electron chi connectivity index (χ4n) is 2.21. The van der Waals surface area contributed by atoms with Crippen LogP contribution in [0.25, 0.3) is 0 Å². The van der Waals surface area contributed by atoms with Crippen molar-refractivity contribution in [2.45, 2.75) is 58.7 Å². The van der Waals surface area contributed by atoms with Crippen LogP contribution in [0.3, 0.4) is 0 Å². The monoisotopic (exact) mass is 313 g/mol. The number of piperidine rings is 1. The minimum Gasteiger partial charge on any atom is -0.461 e. The molecule has 126 valence electrons. The Morgan fingerprint density at radius 1 is 1.27 bits per heavy atom. The van der Waals surface area contributed by atoms with E-state index in [4.69, 9.17) is 9.47 Å². The number of rotatable bonds is 5. The molecule has 0 aliphatic carbocycles. The molecule has 0 atom stereocenters. The molecule has 1 rings (SSSR count). The second kappa shape index (κ2) is 7.58. The zero-order valence-corrected chi connectivity index (χ0v) is 14.1. The van der Waals surface area contributed by atoms with Gasteiger partial charge in [0.25, 0.3) is 6.47 Å². The van der Waals surface area contributed by atoms with Gasteiger partial charge in [-0.2, -0.15) is 5.10 Å². The molecule has 1 saturated heterocycles. The minimum atomic E-state index is -0.539. The average Bonchev–Trinajstić information content (AvgIpc) is 2.35. The summed E-state index contributed by atoms with van der Waals surface area (Å²) in [6.07, 6.45) is 1.00. The fraction of sp³-hybridized carbons (Fsp3) is 0.800. The minimum absolute atomic E-state index is 0.488. The lowest BCUT2D eigenvalue weighted by Crippen LogP contribution is -2.44. The van der Waals surface area contributed by atoms with E-state index in [1.807, 2.05) is 13.8 Å². The Balaban J connectivity index is 2.37. The standard InChI is InChI=1S/C15H27N3O4/c1-14(2,3)22-13(20)17-16-12-6-8-18(9-7-12)10-15(4,5)21-11-19/h11H,6-10H2,1-5H3,(H,17,20). The van der Waals surface area contributed by atoms with E-state index in [0.717, 1.165) is 31.6 Å². The van der Waals surface area contributed by atoms with Gasteiger partial charge in [-0.15, -0.1) is 0 Å². The van der Waals surface area contributed by atoms with Crippen molar-refractivity contribution in [2.24, 2.45) is 5.10 Å². The lowest BCUT2D eigenvalue weighted by atomic mass is 10.0. The Morgan fingerprint density at radius 2 is 1.86 bits per heavy atom. The number of likely N-dealkylation sites (tertiary alicyclic amines) is 1. The zero-order valence-electron chi connectivity index (χ0n) is 14.1. The van der Waals surface area contributed by atoms with Gasteiger partial charge in [0.1, 0.15) is 11.2 Å². The van der Waals surface area contributed by atoms with E-state index in [-0.39, 0.29) is 0 Å². The topological polar surface area (TPSA) is 80.2 Å². The molecular formula is C15H27N3O4. The molecule has 0 unspecified atom stereocenters. The van der Waals surface area contributed by atoms with Crippen LogP contribution in [-0.2, 0) is 14.3 Å². The first-order chi connectivity index (χ1) is 10.1. The summed E-state index contributed by atoms with van der Waals surface area (Å²) >= 11 is 0. The van der Waals surface area contributed by atoms with Crippen LogP contribution >= 0.6 is 0 Å². The summed E-state index contributed by atoms with van der Waals surface area (Å²) in [6, 6.07) is 0. The van der Waals surface area contributed by atoms with Crippen molar-refractivity contribution in [1.82, 2.24) is 10.3 Å². The highest BCUT2D eigenvalue weighted by Gasteiger charge is 2.25. The van der Waals surface area contributed by atoms with Crippen molar-refractivity contribution in [3.05, 3.63) is 0 Å². The quantitative estimate of drug-likeness (QED) is 0.619. The summed E-state index contributed by atoms with van der Waals surface area (Å²) in [5.41, 5.74) is 2.35. The van der Waals surface area contributed by atoms with Crippen LogP contribution in [0, 0.1) is 0 Å². The van der Waals surface area contributed by atoms with Crippen molar-refractivity contribution in [2.75, 3.05) is 19.6 Å². The third-order valence-corrected chi connectivity index (χ3v) is 3.11. The maximum absolute atomic E-state index is 11.5. The molecule has 1 N–H and O–H groups in total. The molecule has 1 aliphatic rings. The first-order valence-corrected chi connectivity index (χ1v) is 7.49. The van der Waals surface area contributed by atoms with E-state index in [1.165, 1.54) is 0 Å². The van der Waals surface area contributed by atoms with Gasteiger partial charge >= 0.3 is 6.09 Å². The maximum Gasteiger partial charge on any atom is 0.428 e.